The second-order valence-corrected chi connectivity index (χ2v) is 6.64. The molecule has 1 heterocycles. The largest absolute Gasteiger partial charge is 0.504 e. The first-order valence-corrected chi connectivity index (χ1v) is 8.07. The fourth-order valence-electron chi connectivity index (χ4n) is 2.37. The monoisotopic (exact) mass is 283 g/mol. The van der Waals surface area contributed by atoms with Crippen LogP contribution < -0.4 is 10.1 Å². The summed E-state index contributed by atoms with van der Waals surface area (Å²) in [6.07, 6.45) is 1.93. The minimum Gasteiger partial charge on any atom is -0.504 e. The van der Waals surface area contributed by atoms with Crippen LogP contribution >= 0.6 is 0 Å². The smallest absolute Gasteiger partial charge is 0.160 e. The van der Waals surface area contributed by atoms with Crippen LogP contribution in [-0.2, 0) is 10.8 Å². The Morgan fingerprint density at radius 2 is 2.11 bits per heavy atom. The van der Waals surface area contributed by atoms with Crippen molar-refractivity contribution in [2.24, 2.45) is 0 Å². The topological polar surface area (TPSA) is 58.6 Å². The molecular weight excluding hydrogens is 262 g/mol. The maximum Gasteiger partial charge on any atom is 0.160 e. The Balaban J connectivity index is 1.99. The summed E-state index contributed by atoms with van der Waals surface area (Å²) in [5.41, 5.74) is 1.08. The van der Waals surface area contributed by atoms with Gasteiger partial charge in [-0.2, -0.15) is 0 Å². The maximum absolute atomic E-state index is 11.3. The zero-order valence-electron chi connectivity index (χ0n) is 11.4. The zero-order valence-corrected chi connectivity index (χ0v) is 12.2. The van der Waals surface area contributed by atoms with Crippen molar-refractivity contribution in [3.8, 4) is 11.5 Å². The second-order valence-electron chi connectivity index (χ2n) is 4.94. The van der Waals surface area contributed by atoms with Gasteiger partial charge in [0.05, 0.1) is 7.11 Å². The lowest BCUT2D eigenvalue weighted by molar-refractivity contribution is 0.371. The molecule has 0 saturated carbocycles. The number of benzene rings is 1. The molecule has 0 aromatic heterocycles. The first-order valence-electron chi connectivity index (χ1n) is 6.58. The average Bonchev–Trinajstić information content (AvgIpc) is 2.42. The molecular formula is C14H21NO3S. The number of rotatable bonds is 4. The normalized spacial score (nSPS) is 24.9. The molecule has 4 nitrogen and oxygen atoms in total. The minimum absolute atomic E-state index is 0.159. The lowest BCUT2D eigenvalue weighted by atomic mass is 10.0. The molecule has 2 N–H and O–H groups in total. The van der Waals surface area contributed by atoms with E-state index in [4.69, 9.17) is 4.74 Å². The third-order valence-corrected chi connectivity index (χ3v) is 4.96. The molecule has 1 unspecified atom stereocenters. The van der Waals surface area contributed by atoms with E-state index in [0.29, 0.717) is 11.8 Å². The van der Waals surface area contributed by atoms with E-state index in [0.717, 1.165) is 29.9 Å². The van der Waals surface area contributed by atoms with Crippen molar-refractivity contribution >= 4 is 10.8 Å². The highest BCUT2D eigenvalue weighted by molar-refractivity contribution is 7.85. The van der Waals surface area contributed by atoms with Crippen molar-refractivity contribution in [1.29, 1.82) is 0 Å². The molecule has 1 aromatic carbocycles. The van der Waals surface area contributed by atoms with E-state index in [1.54, 1.807) is 13.2 Å². The van der Waals surface area contributed by atoms with Crippen molar-refractivity contribution in [2.45, 2.75) is 31.8 Å². The van der Waals surface area contributed by atoms with Crippen LogP contribution in [-0.4, -0.2) is 34.0 Å². The average molecular weight is 283 g/mol. The standard InChI is InChI=1S/C14H21NO3S/c1-10(15-12-5-7-19(17)8-6-12)11-3-4-13(16)14(9-11)18-2/h3-4,9-10,12,15-16H,5-8H2,1-2H3. The molecule has 1 aromatic rings. The minimum atomic E-state index is -0.621. The summed E-state index contributed by atoms with van der Waals surface area (Å²) in [4.78, 5) is 0. The van der Waals surface area contributed by atoms with Crippen molar-refractivity contribution in [1.82, 2.24) is 5.32 Å². The summed E-state index contributed by atoms with van der Waals surface area (Å²) in [5.74, 6) is 2.24. The van der Waals surface area contributed by atoms with Gasteiger partial charge >= 0.3 is 0 Å². The third kappa shape index (κ3) is 3.70. The van der Waals surface area contributed by atoms with E-state index in [-0.39, 0.29) is 11.8 Å². The third-order valence-electron chi connectivity index (χ3n) is 3.58. The van der Waals surface area contributed by atoms with Gasteiger partial charge in [-0.05, 0) is 37.5 Å². The van der Waals surface area contributed by atoms with Crippen molar-refractivity contribution in [3.63, 3.8) is 0 Å². The maximum atomic E-state index is 11.3. The Bertz CT molecular complexity index is 454. The van der Waals surface area contributed by atoms with Gasteiger partial charge in [0.15, 0.2) is 11.5 Å². The van der Waals surface area contributed by atoms with Crippen LogP contribution in [0.4, 0.5) is 0 Å². The first kappa shape index (κ1) is 14.3. The van der Waals surface area contributed by atoms with Crippen molar-refractivity contribution in [2.75, 3.05) is 18.6 Å². The van der Waals surface area contributed by atoms with Crippen molar-refractivity contribution in [3.05, 3.63) is 23.8 Å². The fraction of sp³-hybridized carbons (Fsp3) is 0.571. The zero-order chi connectivity index (χ0) is 13.8. The van der Waals surface area contributed by atoms with Crippen LogP contribution in [0.1, 0.15) is 31.4 Å². The number of methoxy groups -OCH3 is 1. The van der Waals surface area contributed by atoms with Crippen molar-refractivity contribution < 1.29 is 14.1 Å². The Kier molecular flexibility index (Phi) is 4.82. The predicted molar refractivity (Wildman–Crippen MR) is 77.1 cm³/mol. The number of phenolic OH excluding ortho intramolecular Hbond substituents is 1. The number of hydrogen-bond donors (Lipinski definition) is 2. The number of aromatic hydroxyl groups is 1. The highest BCUT2D eigenvalue weighted by Gasteiger charge is 2.20. The van der Waals surface area contributed by atoms with Gasteiger partial charge in [-0.25, -0.2) is 0 Å². The summed E-state index contributed by atoms with van der Waals surface area (Å²) in [5, 5.41) is 13.1. The molecule has 1 atom stereocenters. The van der Waals surface area contributed by atoms with Gasteiger partial charge in [0.25, 0.3) is 0 Å². The molecule has 0 aliphatic carbocycles. The molecule has 0 bridgehead atoms. The molecule has 1 aliphatic rings. The van der Waals surface area contributed by atoms with E-state index in [1.807, 2.05) is 12.1 Å². The molecule has 106 valence electrons. The Morgan fingerprint density at radius 1 is 1.42 bits per heavy atom. The summed E-state index contributed by atoms with van der Waals surface area (Å²) < 4.78 is 16.4. The lowest BCUT2D eigenvalue weighted by Crippen LogP contribution is -2.37. The quantitative estimate of drug-likeness (QED) is 0.887. The molecule has 0 radical (unpaired) electrons. The van der Waals surface area contributed by atoms with Crippen LogP contribution in [0.5, 0.6) is 11.5 Å². The Labute approximate surface area is 116 Å². The Morgan fingerprint density at radius 3 is 2.74 bits per heavy atom. The second kappa shape index (κ2) is 6.39. The summed E-state index contributed by atoms with van der Waals surface area (Å²) in [7, 11) is 0.928. The van der Waals surface area contributed by atoms with Gasteiger partial charge in [0.1, 0.15) is 0 Å². The van der Waals surface area contributed by atoms with Gasteiger partial charge < -0.3 is 15.2 Å². The lowest BCUT2D eigenvalue weighted by Gasteiger charge is -2.26. The SMILES string of the molecule is COc1cc(C(C)NC2CCS(=O)CC2)ccc1O. The highest BCUT2D eigenvalue weighted by Crippen LogP contribution is 2.29. The van der Waals surface area contributed by atoms with Gasteiger partial charge in [0, 0.05) is 34.4 Å². The number of phenols is 1. The van der Waals surface area contributed by atoms with E-state index in [1.165, 1.54) is 0 Å². The van der Waals surface area contributed by atoms with E-state index in [2.05, 4.69) is 12.2 Å². The van der Waals surface area contributed by atoms with Crippen LogP contribution in [0.25, 0.3) is 0 Å². The Hall–Kier alpha value is -1.07. The van der Waals surface area contributed by atoms with Crippen LogP contribution in [0.2, 0.25) is 0 Å². The molecule has 1 saturated heterocycles. The summed E-state index contributed by atoms with van der Waals surface area (Å²) in [6.45, 7) is 2.09. The van der Waals surface area contributed by atoms with Gasteiger partial charge in [0.2, 0.25) is 0 Å². The number of ether oxygens (including phenoxy) is 1. The van der Waals surface area contributed by atoms with E-state index < -0.39 is 10.8 Å². The molecule has 0 amide bonds. The highest BCUT2D eigenvalue weighted by atomic mass is 32.2. The first-order chi connectivity index (χ1) is 9.10. The molecule has 0 spiro atoms. The van der Waals surface area contributed by atoms with Gasteiger partial charge in [-0.1, -0.05) is 6.07 Å². The fourth-order valence-corrected chi connectivity index (χ4v) is 3.67. The predicted octanol–water partition coefficient (Wildman–Crippen LogP) is 1.96. The van der Waals surface area contributed by atoms with Crippen LogP contribution in [0, 0.1) is 0 Å². The summed E-state index contributed by atoms with van der Waals surface area (Å²) >= 11 is 0. The molecule has 1 aliphatic heterocycles. The van der Waals surface area contributed by atoms with E-state index in [9.17, 15) is 9.32 Å². The van der Waals surface area contributed by atoms with Gasteiger partial charge in [-0.15, -0.1) is 0 Å². The number of hydrogen-bond acceptors (Lipinski definition) is 4. The molecule has 2 rings (SSSR count). The molecule has 19 heavy (non-hydrogen) atoms. The van der Waals surface area contributed by atoms with Crippen LogP contribution in [0.3, 0.4) is 0 Å². The molecule has 1 fully saturated rings. The molecule has 5 heteroatoms. The summed E-state index contributed by atoms with van der Waals surface area (Å²) in [6, 6.07) is 6.02. The van der Waals surface area contributed by atoms with E-state index >= 15 is 0 Å². The van der Waals surface area contributed by atoms with Gasteiger partial charge in [-0.3, -0.25) is 4.21 Å². The number of nitrogens with one attached hydrogen (secondary N) is 1. The van der Waals surface area contributed by atoms with Crippen LogP contribution in [0.15, 0.2) is 18.2 Å².